The van der Waals surface area contributed by atoms with Gasteiger partial charge in [0.1, 0.15) is 0 Å². The maximum Gasteiger partial charge on any atom is 0.375 e. The molecule has 8 nitrogen and oxygen atoms in total. The molecule has 1 heterocycles. The molecule has 1 amide bonds. The Balaban J connectivity index is 2.04. The van der Waals surface area contributed by atoms with E-state index in [1.165, 1.54) is 37.5 Å². The predicted molar refractivity (Wildman–Crippen MR) is 84.8 cm³/mol. The van der Waals surface area contributed by atoms with E-state index < -0.39 is 28.0 Å². The van der Waals surface area contributed by atoms with Crippen molar-refractivity contribution in [3.05, 3.63) is 47.9 Å². The third-order valence-electron chi connectivity index (χ3n) is 3.13. The molecule has 0 spiro atoms. The van der Waals surface area contributed by atoms with Gasteiger partial charge in [0.15, 0.2) is 6.10 Å². The summed E-state index contributed by atoms with van der Waals surface area (Å²) in [6.07, 6.45) is 0.232. The minimum absolute atomic E-state index is 0.0193. The largest absolute Gasteiger partial charge is 0.457 e. The zero-order chi connectivity index (χ0) is 17.9. The molecule has 0 radical (unpaired) electrons. The summed E-state index contributed by atoms with van der Waals surface area (Å²) in [5.41, 5.74) is 0.803. The number of esters is 1. The summed E-state index contributed by atoms with van der Waals surface area (Å²) in [7, 11) is -3.88. The summed E-state index contributed by atoms with van der Waals surface area (Å²) in [6, 6.07) is 7.02. The Morgan fingerprint density at radius 3 is 2.58 bits per heavy atom. The van der Waals surface area contributed by atoms with Crippen molar-refractivity contribution in [1.29, 1.82) is 0 Å². The molecule has 0 aliphatic heterocycles. The number of furan rings is 1. The number of amides is 1. The van der Waals surface area contributed by atoms with Gasteiger partial charge in [-0.2, -0.15) is 0 Å². The molecular weight excluding hydrogens is 336 g/mol. The number of aryl methyl sites for hydroxylation is 1. The Kier molecular flexibility index (Phi) is 5.05. The van der Waals surface area contributed by atoms with E-state index in [9.17, 15) is 18.0 Å². The summed E-state index contributed by atoms with van der Waals surface area (Å²) < 4.78 is 32.6. The molecule has 0 fully saturated rings. The normalized spacial score (nSPS) is 12.5. The molecule has 2 aromatic rings. The number of ether oxygens (including phenoxy) is 1. The molecule has 0 aliphatic carbocycles. The number of primary sulfonamides is 1. The molecular formula is C15H16N2O6S. The van der Waals surface area contributed by atoms with Crippen LogP contribution >= 0.6 is 0 Å². The number of benzene rings is 1. The average molecular weight is 352 g/mol. The highest BCUT2D eigenvalue weighted by Gasteiger charge is 2.22. The van der Waals surface area contributed by atoms with Crippen LogP contribution < -0.4 is 10.5 Å². The third-order valence-corrected chi connectivity index (χ3v) is 4.04. The minimum atomic E-state index is -3.88. The van der Waals surface area contributed by atoms with E-state index in [0.717, 1.165) is 0 Å². The van der Waals surface area contributed by atoms with E-state index >= 15 is 0 Å². The zero-order valence-electron chi connectivity index (χ0n) is 13.0. The van der Waals surface area contributed by atoms with Crippen LogP contribution in [0.5, 0.6) is 0 Å². The Hall–Kier alpha value is -2.65. The summed E-state index contributed by atoms with van der Waals surface area (Å²) in [4.78, 5) is 23.8. The van der Waals surface area contributed by atoms with Gasteiger partial charge in [-0.3, -0.25) is 4.79 Å². The molecule has 2 rings (SSSR count). The van der Waals surface area contributed by atoms with E-state index in [1.54, 1.807) is 13.0 Å². The first kappa shape index (κ1) is 17.7. The summed E-state index contributed by atoms with van der Waals surface area (Å²) in [5.74, 6) is -1.37. The van der Waals surface area contributed by atoms with Crippen molar-refractivity contribution >= 4 is 27.6 Å². The highest BCUT2D eigenvalue weighted by molar-refractivity contribution is 7.89. The lowest BCUT2D eigenvalue weighted by molar-refractivity contribution is -0.123. The smallest absolute Gasteiger partial charge is 0.375 e. The second-order valence-corrected chi connectivity index (χ2v) is 6.60. The second-order valence-electron chi connectivity index (χ2n) is 5.04. The van der Waals surface area contributed by atoms with Crippen LogP contribution in [0.1, 0.15) is 23.0 Å². The van der Waals surface area contributed by atoms with Gasteiger partial charge in [-0.1, -0.05) is 6.07 Å². The lowest BCUT2D eigenvalue weighted by Crippen LogP contribution is -2.30. The number of nitrogens with two attached hydrogens (primary N) is 1. The van der Waals surface area contributed by atoms with Crippen LogP contribution in [0.4, 0.5) is 5.69 Å². The van der Waals surface area contributed by atoms with Gasteiger partial charge in [-0.15, -0.1) is 0 Å². The van der Waals surface area contributed by atoms with Gasteiger partial charge < -0.3 is 14.5 Å². The Labute approximate surface area is 138 Å². The van der Waals surface area contributed by atoms with Crippen molar-refractivity contribution in [3.8, 4) is 0 Å². The number of sulfonamides is 1. The second kappa shape index (κ2) is 6.85. The quantitative estimate of drug-likeness (QED) is 0.783. The van der Waals surface area contributed by atoms with Crippen LogP contribution in [0.25, 0.3) is 0 Å². The Morgan fingerprint density at radius 2 is 2.00 bits per heavy atom. The highest BCUT2D eigenvalue weighted by Crippen LogP contribution is 2.15. The van der Waals surface area contributed by atoms with Gasteiger partial charge in [0, 0.05) is 11.3 Å². The van der Waals surface area contributed by atoms with E-state index in [1.807, 2.05) is 0 Å². The number of carbonyl (C=O) groups excluding carboxylic acids is 2. The van der Waals surface area contributed by atoms with Crippen LogP contribution in [0.15, 0.2) is 45.9 Å². The molecule has 1 aromatic carbocycles. The molecule has 0 bridgehead atoms. The molecule has 1 unspecified atom stereocenters. The fourth-order valence-electron chi connectivity index (χ4n) is 1.84. The maximum absolute atomic E-state index is 12.1. The van der Waals surface area contributed by atoms with E-state index in [2.05, 4.69) is 5.32 Å². The fraction of sp³-hybridized carbons (Fsp3) is 0.200. The van der Waals surface area contributed by atoms with Crippen LogP contribution in [-0.2, 0) is 19.6 Å². The van der Waals surface area contributed by atoms with Gasteiger partial charge in [-0.05, 0) is 38.1 Å². The van der Waals surface area contributed by atoms with E-state index in [0.29, 0.717) is 5.56 Å². The van der Waals surface area contributed by atoms with Crippen LogP contribution in [0.2, 0.25) is 0 Å². The maximum atomic E-state index is 12.1. The first-order valence-electron chi connectivity index (χ1n) is 6.87. The van der Waals surface area contributed by atoms with Crippen molar-refractivity contribution in [2.45, 2.75) is 24.8 Å². The molecule has 0 saturated heterocycles. The average Bonchev–Trinajstić information content (AvgIpc) is 2.92. The van der Waals surface area contributed by atoms with E-state index in [4.69, 9.17) is 14.3 Å². The first-order chi connectivity index (χ1) is 11.2. The van der Waals surface area contributed by atoms with Crippen molar-refractivity contribution in [2.24, 2.45) is 5.14 Å². The summed E-state index contributed by atoms with van der Waals surface area (Å²) >= 11 is 0. The van der Waals surface area contributed by atoms with Crippen molar-refractivity contribution in [3.63, 3.8) is 0 Å². The topological polar surface area (TPSA) is 129 Å². The lowest BCUT2D eigenvalue weighted by Gasteiger charge is -2.13. The number of hydrogen-bond donors (Lipinski definition) is 2. The molecule has 9 heteroatoms. The number of anilines is 1. The zero-order valence-corrected chi connectivity index (χ0v) is 13.8. The highest BCUT2D eigenvalue weighted by atomic mass is 32.2. The summed E-state index contributed by atoms with van der Waals surface area (Å²) in [6.45, 7) is 3.05. The van der Waals surface area contributed by atoms with Gasteiger partial charge in [0.25, 0.3) is 5.91 Å². The molecule has 0 saturated carbocycles. The van der Waals surface area contributed by atoms with Gasteiger partial charge >= 0.3 is 5.97 Å². The molecule has 24 heavy (non-hydrogen) atoms. The monoisotopic (exact) mass is 352 g/mol. The molecule has 1 atom stereocenters. The molecule has 128 valence electrons. The third kappa shape index (κ3) is 4.21. The van der Waals surface area contributed by atoms with E-state index in [-0.39, 0.29) is 16.3 Å². The van der Waals surface area contributed by atoms with Crippen LogP contribution in [-0.4, -0.2) is 26.4 Å². The fourth-order valence-corrected chi connectivity index (χ4v) is 2.40. The number of nitrogens with one attached hydrogen (secondary N) is 1. The van der Waals surface area contributed by atoms with Crippen molar-refractivity contribution in [1.82, 2.24) is 0 Å². The number of carbonyl (C=O) groups is 2. The molecule has 1 aromatic heterocycles. The molecule has 3 N–H and O–H groups in total. The first-order valence-corrected chi connectivity index (χ1v) is 8.42. The number of rotatable bonds is 5. The van der Waals surface area contributed by atoms with Crippen LogP contribution in [0, 0.1) is 6.92 Å². The standard InChI is InChI=1S/C15H16N2O6S/c1-9-6-7-22-13(9)15(19)23-10(2)14(18)17-11-4-3-5-12(8-11)24(16,20)21/h3-8,10H,1-2H3,(H,17,18)(H2,16,20,21). The van der Waals surface area contributed by atoms with Gasteiger partial charge in [0.05, 0.1) is 11.2 Å². The predicted octanol–water partition coefficient (Wildman–Crippen LogP) is 1.42. The van der Waals surface area contributed by atoms with Crippen molar-refractivity contribution < 1.29 is 27.2 Å². The van der Waals surface area contributed by atoms with Gasteiger partial charge in [0.2, 0.25) is 15.8 Å². The Morgan fingerprint density at radius 1 is 1.29 bits per heavy atom. The SMILES string of the molecule is Cc1ccoc1C(=O)OC(C)C(=O)Nc1cccc(S(N)(=O)=O)c1. The number of hydrogen-bond acceptors (Lipinski definition) is 6. The minimum Gasteiger partial charge on any atom is -0.457 e. The van der Waals surface area contributed by atoms with Crippen LogP contribution in [0.3, 0.4) is 0 Å². The van der Waals surface area contributed by atoms with Crippen molar-refractivity contribution in [2.75, 3.05) is 5.32 Å². The summed E-state index contributed by atoms with van der Waals surface area (Å²) in [5, 5.41) is 7.48. The Bertz CT molecular complexity index is 872. The van der Waals surface area contributed by atoms with Gasteiger partial charge in [-0.25, -0.2) is 18.4 Å². The lowest BCUT2D eigenvalue weighted by atomic mass is 10.2. The molecule has 0 aliphatic rings.